The van der Waals surface area contributed by atoms with Gasteiger partial charge in [-0.1, -0.05) is 55.9 Å². The highest BCUT2D eigenvalue weighted by molar-refractivity contribution is 7.99. The molecule has 0 aliphatic heterocycles. The van der Waals surface area contributed by atoms with Crippen molar-refractivity contribution in [3.05, 3.63) is 82.0 Å². The molecule has 32 heavy (non-hydrogen) atoms. The molecule has 1 fully saturated rings. The number of rotatable bonds is 8. The van der Waals surface area contributed by atoms with E-state index in [1.54, 1.807) is 11.8 Å². The Morgan fingerprint density at radius 1 is 1.12 bits per heavy atom. The lowest BCUT2D eigenvalue weighted by molar-refractivity contribution is 0.287. The maximum Gasteiger partial charge on any atom is 0.218 e. The molecule has 4 rings (SSSR count). The monoisotopic (exact) mass is 442 g/mol. The number of aryl methyl sites for hydroxylation is 2. The average molecular weight is 443 g/mol. The fourth-order valence-electron chi connectivity index (χ4n) is 4.01. The molecule has 2 aromatic carbocycles. The third kappa shape index (κ3) is 5.34. The van der Waals surface area contributed by atoms with Gasteiger partial charge in [-0.3, -0.25) is 0 Å². The fraction of sp³-hybridized carbons (Fsp3) is 0.357. The van der Waals surface area contributed by atoms with Crippen LogP contribution in [0.5, 0.6) is 5.88 Å². The van der Waals surface area contributed by atoms with Crippen LogP contribution in [0.3, 0.4) is 0 Å². The van der Waals surface area contributed by atoms with Crippen LogP contribution in [0.2, 0.25) is 0 Å². The molecule has 1 aliphatic rings. The first-order valence-corrected chi connectivity index (χ1v) is 12.2. The zero-order valence-corrected chi connectivity index (χ0v) is 20.1. The van der Waals surface area contributed by atoms with Gasteiger partial charge < -0.3 is 4.74 Å². The van der Waals surface area contributed by atoms with E-state index >= 15 is 0 Å². The Hall–Kier alpha value is -2.77. The first-order valence-electron chi connectivity index (χ1n) is 11.3. The predicted molar refractivity (Wildman–Crippen MR) is 130 cm³/mol. The van der Waals surface area contributed by atoms with E-state index in [4.69, 9.17) is 9.72 Å². The van der Waals surface area contributed by atoms with E-state index in [1.807, 2.05) is 37.3 Å². The van der Waals surface area contributed by atoms with Gasteiger partial charge in [-0.25, -0.2) is 4.98 Å². The van der Waals surface area contributed by atoms with Crippen LogP contribution in [0.25, 0.3) is 0 Å². The van der Waals surface area contributed by atoms with Gasteiger partial charge in [0.25, 0.3) is 0 Å². The van der Waals surface area contributed by atoms with Gasteiger partial charge in [0.1, 0.15) is 6.61 Å². The Morgan fingerprint density at radius 2 is 1.88 bits per heavy atom. The summed E-state index contributed by atoms with van der Waals surface area (Å²) in [6.45, 7) is 9.08. The summed E-state index contributed by atoms with van der Waals surface area (Å²) in [5, 5.41) is 9.45. The average Bonchev–Trinajstić information content (AvgIpc) is 3.59. The van der Waals surface area contributed by atoms with Crippen LogP contribution in [0.1, 0.15) is 66.1 Å². The first kappa shape index (κ1) is 22.4. The molecule has 1 heterocycles. The standard InChI is InChI=1S/C28H30N2OS/c1-18(2)26-27(32-24-13-19(3)12-23(14-24)16-29)25(15-21-10-11-21)20(4)30-28(26)31-17-22-8-6-5-7-9-22/h5-9,12-14,18,21H,10-11,15,17H2,1-4H3. The lowest BCUT2D eigenvalue weighted by Gasteiger charge is -2.22. The molecule has 0 spiro atoms. The maximum atomic E-state index is 9.45. The summed E-state index contributed by atoms with van der Waals surface area (Å²) < 4.78 is 6.31. The zero-order valence-electron chi connectivity index (χ0n) is 19.3. The second kappa shape index (κ2) is 9.79. The Balaban J connectivity index is 1.78. The number of pyridine rings is 1. The Morgan fingerprint density at radius 3 is 2.53 bits per heavy atom. The zero-order chi connectivity index (χ0) is 22.7. The fourth-order valence-corrected chi connectivity index (χ4v) is 5.46. The molecule has 0 atom stereocenters. The van der Waals surface area contributed by atoms with Crippen molar-refractivity contribution in [1.29, 1.82) is 5.26 Å². The Bertz CT molecular complexity index is 1140. The van der Waals surface area contributed by atoms with Crippen LogP contribution in [0, 0.1) is 31.1 Å². The normalized spacial score (nSPS) is 13.2. The van der Waals surface area contributed by atoms with Crippen LogP contribution in [-0.2, 0) is 13.0 Å². The van der Waals surface area contributed by atoms with E-state index in [9.17, 15) is 5.26 Å². The highest BCUT2D eigenvalue weighted by Crippen LogP contribution is 2.45. The third-order valence-electron chi connectivity index (χ3n) is 5.84. The minimum atomic E-state index is 0.273. The number of aromatic nitrogens is 1. The second-order valence-electron chi connectivity index (χ2n) is 9.05. The van der Waals surface area contributed by atoms with Gasteiger partial charge in [-0.2, -0.15) is 5.26 Å². The second-order valence-corrected chi connectivity index (χ2v) is 10.1. The summed E-state index contributed by atoms with van der Waals surface area (Å²) in [5.74, 6) is 1.77. The first-order chi connectivity index (χ1) is 15.4. The van der Waals surface area contributed by atoms with E-state index in [2.05, 4.69) is 45.0 Å². The van der Waals surface area contributed by atoms with Crippen molar-refractivity contribution in [2.24, 2.45) is 5.92 Å². The molecule has 3 nitrogen and oxygen atoms in total. The molecule has 0 N–H and O–H groups in total. The quantitative estimate of drug-likeness (QED) is 0.365. The maximum absolute atomic E-state index is 9.45. The van der Waals surface area contributed by atoms with Crippen LogP contribution < -0.4 is 4.74 Å². The van der Waals surface area contributed by atoms with E-state index in [1.165, 1.54) is 28.9 Å². The van der Waals surface area contributed by atoms with Crippen molar-refractivity contribution >= 4 is 11.8 Å². The number of hydrogen-bond acceptors (Lipinski definition) is 4. The summed E-state index contributed by atoms with van der Waals surface area (Å²) in [6, 6.07) is 18.6. The molecule has 3 aromatic rings. The number of benzene rings is 2. The lowest BCUT2D eigenvalue weighted by atomic mass is 9.98. The van der Waals surface area contributed by atoms with Crippen molar-refractivity contribution in [3.63, 3.8) is 0 Å². The molecule has 1 saturated carbocycles. The van der Waals surface area contributed by atoms with Crippen molar-refractivity contribution < 1.29 is 4.74 Å². The highest BCUT2D eigenvalue weighted by atomic mass is 32.2. The van der Waals surface area contributed by atoms with E-state index in [0.717, 1.165) is 39.9 Å². The number of hydrogen-bond donors (Lipinski definition) is 0. The SMILES string of the molecule is Cc1cc(C#N)cc(Sc2c(CC3CC3)c(C)nc(OCc3ccccc3)c2C(C)C)c1. The lowest BCUT2D eigenvalue weighted by Crippen LogP contribution is -2.09. The minimum absolute atomic E-state index is 0.273. The van der Waals surface area contributed by atoms with Crippen LogP contribution in [0.4, 0.5) is 0 Å². The molecule has 1 aromatic heterocycles. The topological polar surface area (TPSA) is 45.9 Å². The predicted octanol–water partition coefficient (Wildman–Crippen LogP) is 7.38. The van der Waals surface area contributed by atoms with Crippen molar-refractivity contribution in [2.45, 2.75) is 69.3 Å². The summed E-state index contributed by atoms with van der Waals surface area (Å²) in [6.07, 6.45) is 3.67. The van der Waals surface area contributed by atoms with Gasteiger partial charge >= 0.3 is 0 Å². The molecule has 0 bridgehead atoms. The molecule has 0 saturated heterocycles. The molecule has 164 valence electrons. The summed E-state index contributed by atoms with van der Waals surface area (Å²) in [7, 11) is 0. The van der Waals surface area contributed by atoms with E-state index < -0.39 is 0 Å². The molecule has 0 amide bonds. The van der Waals surface area contributed by atoms with E-state index in [0.29, 0.717) is 12.2 Å². The molecule has 1 aliphatic carbocycles. The van der Waals surface area contributed by atoms with Gasteiger partial charge in [0.2, 0.25) is 5.88 Å². The highest BCUT2D eigenvalue weighted by Gasteiger charge is 2.28. The van der Waals surface area contributed by atoms with Crippen molar-refractivity contribution in [3.8, 4) is 11.9 Å². The largest absolute Gasteiger partial charge is 0.473 e. The number of nitrogens with zero attached hydrogens (tertiary/aromatic N) is 2. The molecule has 0 radical (unpaired) electrons. The van der Waals surface area contributed by atoms with Gasteiger partial charge in [-0.05, 0) is 79.8 Å². The van der Waals surface area contributed by atoms with Gasteiger partial charge in [0.15, 0.2) is 0 Å². The van der Waals surface area contributed by atoms with Crippen LogP contribution in [-0.4, -0.2) is 4.98 Å². The van der Waals surface area contributed by atoms with Crippen LogP contribution in [0.15, 0.2) is 58.3 Å². The molecular formula is C28H30N2OS. The molecule has 0 unspecified atom stereocenters. The van der Waals surface area contributed by atoms with Gasteiger partial charge in [0.05, 0.1) is 11.6 Å². The van der Waals surface area contributed by atoms with E-state index in [-0.39, 0.29) is 5.92 Å². The molecule has 4 heteroatoms. The summed E-state index contributed by atoms with van der Waals surface area (Å²) in [5.41, 5.74) is 6.51. The summed E-state index contributed by atoms with van der Waals surface area (Å²) >= 11 is 1.76. The van der Waals surface area contributed by atoms with Crippen LogP contribution >= 0.6 is 11.8 Å². The van der Waals surface area contributed by atoms with Crippen molar-refractivity contribution in [1.82, 2.24) is 4.98 Å². The number of nitriles is 1. The van der Waals surface area contributed by atoms with Gasteiger partial charge in [-0.15, -0.1) is 0 Å². The minimum Gasteiger partial charge on any atom is -0.473 e. The number of ether oxygens (including phenoxy) is 1. The Kier molecular flexibility index (Phi) is 6.86. The van der Waals surface area contributed by atoms with Gasteiger partial charge in [0, 0.05) is 21.0 Å². The Labute approximate surface area is 195 Å². The van der Waals surface area contributed by atoms with Crippen molar-refractivity contribution in [2.75, 3.05) is 0 Å². The third-order valence-corrected chi connectivity index (χ3v) is 6.98. The smallest absolute Gasteiger partial charge is 0.218 e. The molecular weight excluding hydrogens is 412 g/mol. The summed E-state index contributed by atoms with van der Waals surface area (Å²) in [4.78, 5) is 7.31.